The van der Waals surface area contributed by atoms with Gasteiger partial charge in [-0.25, -0.2) is 9.13 Å². The molecule has 5 atom stereocenters. The Morgan fingerprint density at radius 2 is 0.511 bits per heavy atom. The van der Waals surface area contributed by atoms with E-state index in [9.17, 15) is 43.2 Å². The van der Waals surface area contributed by atoms with Crippen molar-refractivity contribution < 1.29 is 80.2 Å². The molecule has 534 valence electrons. The summed E-state index contributed by atoms with van der Waals surface area (Å²) in [5.74, 6) is -1.46. The van der Waals surface area contributed by atoms with Crippen molar-refractivity contribution in [1.82, 2.24) is 0 Å². The minimum atomic E-state index is -4.95. The molecule has 0 radical (unpaired) electrons. The van der Waals surface area contributed by atoms with E-state index < -0.39 is 97.5 Å². The smallest absolute Gasteiger partial charge is 0.462 e. The second-order valence-corrected chi connectivity index (χ2v) is 29.0. The maximum Gasteiger partial charge on any atom is 0.472 e. The molecule has 0 heterocycles. The van der Waals surface area contributed by atoms with Crippen LogP contribution in [0.3, 0.4) is 0 Å². The molecule has 0 aliphatic heterocycles. The second-order valence-electron chi connectivity index (χ2n) is 26.1. The van der Waals surface area contributed by atoms with Crippen molar-refractivity contribution in [2.45, 2.75) is 387 Å². The highest BCUT2D eigenvalue weighted by molar-refractivity contribution is 7.47. The zero-order chi connectivity index (χ0) is 66.3. The lowest BCUT2D eigenvalue weighted by atomic mass is 10.0. The van der Waals surface area contributed by atoms with Crippen LogP contribution in [0.25, 0.3) is 0 Å². The van der Waals surface area contributed by atoms with Crippen LogP contribution < -0.4 is 0 Å². The van der Waals surface area contributed by atoms with Crippen molar-refractivity contribution in [2.75, 3.05) is 39.6 Å². The predicted molar refractivity (Wildman–Crippen MR) is 363 cm³/mol. The van der Waals surface area contributed by atoms with Crippen LogP contribution >= 0.6 is 15.6 Å². The summed E-state index contributed by atoms with van der Waals surface area (Å²) in [6.45, 7) is 7.11. The van der Waals surface area contributed by atoms with Crippen LogP contribution in [0.1, 0.15) is 369 Å². The Balaban J connectivity index is 5.11. The number of aliphatic hydroxyl groups excluding tert-OH is 1. The van der Waals surface area contributed by atoms with Crippen molar-refractivity contribution in [3.05, 3.63) is 0 Å². The summed E-state index contributed by atoms with van der Waals surface area (Å²) in [5.41, 5.74) is 0. The molecule has 0 spiro atoms. The van der Waals surface area contributed by atoms with Gasteiger partial charge in [0.05, 0.1) is 26.4 Å². The molecule has 0 saturated heterocycles. The highest BCUT2D eigenvalue weighted by Crippen LogP contribution is 2.45. The molecule has 0 bridgehead atoms. The minimum absolute atomic E-state index is 0.102. The third-order valence-corrected chi connectivity index (χ3v) is 18.4. The van der Waals surface area contributed by atoms with Crippen LogP contribution in [0.5, 0.6) is 0 Å². The van der Waals surface area contributed by atoms with Crippen molar-refractivity contribution >= 4 is 39.5 Å². The van der Waals surface area contributed by atoms with Gasteiger partial charge in [-0.3, -0.25) is 37.3 Å². The number of rotatable bonds is 71. The molecule has 3 N–H and O–H groups in total. The number of hydrogen-bond acceptors (Lipinski definition) is 15. The molecule has 0 aliphatic carbocycles. The van der Waals surface area contributed by atoms with E-state index in [-0.39, 0.29) is 25.7 Å². The fourth-order valence-electron chi connectivity index (χ4n) is 10.8. The molecule has 19 heteroatoms. The highest BCUT2D eigenvalue weighted by Gasteiger charge is 2.30. The Bertz CT molecular complexity index is 1740. The van der Waals surface area contributed by atoms with Gasteiger partial charge in [-0.15, -0.1) is 0 Å². The first-order valence-corrected chi connectivity index (χ1v) is 40.1. The van der Waals surface area contributed by atoms with Crippen molar-refractivity contribution in [3.8, 4) is 0 Å². The number of hydrogen-bond donors (Lipinski definition) is 3. The van der Waals surface area contributed by atoms with Gasteiger partial charge in [-0.2, -0.15) is 0 Å². The summed E-state index contributed by atoms with van der Waals surface area (Å²) < 4.78 is 68.1. The van der Waals surface area contributed by atoms with Gasteiger partial charge in [0, 0.05) is 25.7 Å². The molecule has 0 aromatic carbocycles. The first-order chi connectivity index (χ1) is 43.5. The normalized spacial score (nSPS) is 14.1. The van der Waals surface area contributed by atoms with E-state index in [4.69, 9.17) is 37.0 Å². The highest BCUT2D eigenvalue weighted by atomic mass is 31.2. The van der Waals surface area contributed by atoms with E-state index in [1.165, 1.54) is 180 Å². The second kappa shape index (κ2) is 64.4. The van der Waals surface area contributed by atoms with Gasteiger partial charge in [0.25, 0.3) is 0 Å². The van der Waals surface area contributed by atoms with E-state index in [1.807, 2.05) is 0 Å². The molecule has 17 nitrogen and oxygen atoms in total. The summed E-state index contributed by atoms with van der Waals surface area (Å²) in [6.07, 6.45) is 51.9. The van der Waals surface area contributed by atoms with E-state index in [0.29, 0.717) is 31.6 Å². The lowest BCUT2D eigenvalue weighted by molar-refractivity contribution is -0.161. The summed E-state index contributed by atoms with van der Waals surface area (Å²) in [7, 11) is -9.89. The fraction of sp³-hybridized carbons (Fsp3) is 0.944. The predicted octanol–water partition coefficient (Wildman–Crippen LogP) is 20.5. The molecule has 0 saturated carbocycles. The van der Waals surface area contributed by atoms with Crippen LogP contribution in [0.4, 0.5) is 0 Å². The Labute approximate surface area is 549 Å². The Kier molecular flexibility index (Phi) is 63.0. The van der Waals surface area contributed by atoms with Gasteiger partial charge in [-0.05, 0) is 31.6 Å². The minimum Gasteiger partial charge on any atom is -0.462 e. The first kappa shape index (κ1) is 88.1. The fourth-order valence-corrected chi connectivity index (χ4v) is 12.4. The van der Waals surface area contributed by atoms with Crippen molar-refractivity contribution in [3.63, 3.8) is 0 Å². The van der Waals surface area contributed by atoms with Crippen LogP contribution in [-0.4, -0.2) is 96.7 Å². The Morgan fingerprint density at radius 3 is 0.756 bits per heavy atom. The summed E-state index contributed by atoms with van der Waals surface area (Å²) in [5, 5.41) is 10.6. The molecule has 2 unspecified atom stereocenters. The van der Waals surface area contributed by atoms with Gasteiger partial charge in [-0.1, -0.05) is 317 Å². The standard InChI is InChI=1S/C71H138O17P2/c1-6-9-12-15-18-20-22-24-25-26-27-28-29-30-31-32-33-35-37-40-46-51-56-70(75)87-66(61-82-69(74)55-50-45-39-36-34-23-21-19-16-13-10-7-2)62-85-89(77,78)83-58-65(72)59-84-90(79,80)86-63-67(60-81-68(73)54-49-44-38-17-14-11-8-3)88-71(76)57-52-47-42-41-43-48-53-64(4)5/h64-67,72H,6-63H2,1-5H3,(H,77,78)(H,79,80)/t65-,66-,67-/m1/s1. The van der Waals surface area contributed by atoms with Gasteiger partial charge < -0.3 is 33.8 Å². The molecule has 0 rings (SSSR count). The molecule has 0 fully saturated rings. The molecule has 0 aromatic heterocycles. The molecule has 90 heavy (non-hydrogen) atoms. The Morgan fingerprint density at radius 1 is 0.300 bits per heavy atom. The van der Waals surface area contributed by atoms with Gasteiger partial charge >= 0.3 is 39.5 Å². The number of ether oxygens (including phenoxy) is 4. The van der Waals surface area contributed by atoms with Crippen LogP contribution in [-0.2, 0) is 65.4 Å². The number of aliphatic hydroxyl groups is 1. The van der Waals surface area contributed by atoms with Crippen molar-refractivity contribution in [2.24, 2.45) is 5.92 Å². The van der Waals surface area contributed by atoms with Crippen molar-refractivity contribution in [1.29, 1.82) is 0 Å². The average Bonchev–Trinajstić information content (AvgIpc) is 3.67. The zero-order valence-electron chi connectivity index (χ0n) is 58.3. The third-order valence-electron chi connectivity index (χ3n) is 16.5. The SMILES string of the molecule is CCCCCCCCCCCCCCCCCCCCCCCCC(=O)O[C@H](COC(=O)CCCCCCCCCCCCCC)COP(=O)(O)OC[C@@H](O)COP(=O)(O)OC[C@@H](COC(=O)CCCCCCCCC)OC(=O)CCCCCCCCC(C)C. The maximum atomic E-state index is 13.0. The molecular formula is C71H138O17P2. The average molecular weight is 1330 g/mol. The van der Waals surface area contributed by atoms with Crippen LogP contribution in [0.2, 0.25) is 0 Å². The van der Waals surface area contributed by atoms with Crippen LogP contribution in [0, 0.1) is 5.92 Å². The van der Waals surface area contributed by atoms with E-state index in [1.54, 1.807) is 0 Å². The quantitative estimate of drug-likeness (QED) is 0.0222. The summed E-state index contributed by atoms with van der Waals surface area (Å²) in [4.78, 5) is 72.3. The molecule has 0 amide bonds. The Hall–Kier alpha value is -1.94. The van der Waals surface area contributed by atoms with E-state index in [0.717, 1.165) is 103 Å². The molecule has 0 aromatic rings. The lowest BCUT2D eigenvalue weighted by Crippen LogP contribution is -2.30. The van der Waals surface area contributed by atoms with Crippen LogP contribution in [0.15, 0.2) is 0 Å². The zero-order valence-corrected chi connectivity index (χ0v) is 60.1. The first-order valence-electron chi connectivity index (χ1n) is 37.1. The number of unbranched alkanes of at least 4 members (excludes halogenated alkanes) is 43. The summed E-state index contributed by atoms with van der Waals surface area (Å²) >= 11 is 0. The number of phosphoric ester groups is 2. The number of carbonyl (C=O) groups excluding carboxylic acids is 4. The van der Waals surface area contributed by atoms with Gasteiger partial charge in [0.2, 0.25) is 0 Å². The largest absolute Gasteiger partial charge is 0.472 e. The van der Waals surface area contributed by atoms with E-state index >= 15 is 0 Å². The van der Waals surface area contributed by atoms with Gasteiger partial charge in [0.15, 0.2) is 12.2 Å². The maximum absolute atomic E-state index is 13.0. The number of phosphoric acid groups is 2. The van der Waals surface area contributed by atoms with E-state index in [2.05, 4.69) is 34.6 Å². The topological polar surface area (TPSA) is 237 Å². The monoisotopic (exact) mass is 1320 g/mol. The number of esters is 4. The van der Waals surface area contributed by atoms with Gasteiger partial charge in [0.1, 0.15) is 19.3 Å². The summed E-state index contributed by atoms with van der Waals surface area (Å²) in [6, 6.07) is 0. The molecular weight excluding hydrogens is 1190 g/mol. The third kappa shape index (κ3) is 64.8. The number of carbonyl (C=O) groups is 4. The molecule has 0 aliphatic rings. The lowest BCUT2D eigenvalue weighted by Gasteiger charge is -2.21.